The van der Waals surface area contributed by atoms with Crippen molar-refractivity contribution in [2.45, 2.75) is 32.6 Å². The third kappa shape index (κ3) is 3.23. The number of rotatable bonds is 4. The van der Waals surface area contributed by atoms with Crippen molar-refractivity contribution in [1.82, 2.24) is 4.98 Å². The molecule has 20 heavy (non-hydrogen) atoms. The van der Waals surface area contributed by atoms with Crippen molar-refractivity contribution < 1.29 is 4.79 Å². The Morgan fingerprint density at radius 1 is 1.15 bits per heavy atom. The van der Waals surface area contributed by atoms with Gasteiger partial charge in [-0.2, -0.15) is 0 Å². The number of aromatic nitrogens is 1. The first-order valence-corrected chi connectivity index (χ1v) is 6.86. The molecular formula is C17H20N2O. The van der Waals surface area contributed by atoms with Gasteiger partial charge in [-0.25, -0.2) is 4.98 Å². The largest absolute Gasteiger partial charge is 0.307 e. The van der Waals surface area contributed by atoms with Crippen molar-refractivity contribution in [2.24, 2.45) is 0 Å². The Bertz CT molecular complexity index is 574. The number of nitrogens with zero attached hydrogens (tertiary/aromatic N) is 1. The summed E-state index contributed by atoms with van der Waals surface area (Å²) in [4.78, 5) is 16.2. The van der Waals surface area contributed by atoms with E-state index in [1.807, 2.05) is 36.4 Å². The first-order valence-electron chi connectivity index (χ1n) is 6.86. The van der Waals surface area contributed by atoms with Gasteiger partial charge in [-0.3, -0.25) is 4.79 Å². The van der Waals surface area contributed by atoms with E-state index in [4.69, 9.17) is 0 Å². The molecule has 2 aromatic rings. The van der Waals surface area contributed by atoms with Crippen LogP contribution in [0.15, 0.2) is 48.7 Å². The SMILES string of the molecule is CCC(C)(C)c1ccc(C(=O)Nc2ccccn2)cc1. The maximum atomic E-state index is 12.1. The number of hydrogen-bond acceptors (Lipinski definition) is 2. The van der Waals surface area contributed by atoms with E-state index in [0.29, 0.717) is 11.4 Å². The molecule has 0 aliphatic carbocycles. The van der Waals surface area contributed by atoms with Crippen LogP contribution in [0, 0.1) is 0 Å². The number of carbonyl (C=O) groups is 1. The van der Waals surface area contributed by atoms with Gasteiger partial charge in [-0.15, -0.1) is 0 Å². The Kier molecular flexibility index (Phi) is 4.18. The maximum absolute atomic E-state index is 12.1. The Hall–Kier alpha value is -2.16. The Balaban J connectivity index is 2.12. The fraction of sp³-hybridized carbons (Fsp3) is 0.294. The minimum atomic E-state index is -0.135. The first-order chi connectivity index (χ1) is 9.53. The lowest BCUT2D eigenvalue weighted by Crippen LogP contribution is -2.17. The zero-order valence-electron chi connectivity index (χ0n) is 12.2. The van der Waals surface area contributed by atoms with E-state index >= 15 is 0 Å². The molecule has 0 aliphatic heterocycles. The normalized spacial score (nSPS) is 11.2. The van der Waals surface area contributed by atoms with Crippen LogP contribution in [0.4, 0.5) is 5.82 Å². The van der Waals surface area contributed by atoms with E-state index in [-0.39, 0.29) is 11.3 Å². The highest BCUT2D eigenvalue weighted by atomic mass is 16.1. The molecular weight excluding hydrogens is 248 g/mol. The van der Waals surface area contributed by atoms with E-state index < -0.39 is 0 Å². The fourth-order valence-corrected chi connectivity index (χ4v) is 1.90. The molecule has 0 bridgehead atoms. The molecule has 0 atom stereocenters. The molecule has 0 saturated carbocycles. The van der Waals surface area contributed by atoms with Crippen molar-refractivity contribution in [2.75, 3.05) is 5.32 Å². The highest BCUT2D eigenvalue weighted by molar-refractivity contribution is 6.03. The highest BCUT2D eigenvalue weighted by Gasteiger charge is 2.18. The van der Waals surface area contributed by atoms with Crippen LogP contribution in [-0.4, -0.2) is 10.9 Å². The highest BCUT2D eigenvalue weighted by Crippen LogP contribution is 2.26. The molecule has 104 valence electrons. The second-order valence-corrected chi connectivity index (χ2v) is 5.48. The summed E-state index contributed by atoms with van der Waals surface area (Å²) in [6.45, 7) is 6.58. The third-order valence-electron chi connectivity index (χ3n) is 3.72. The number of benzene rings is 1. The second kappa shape index (κ2) is 5.87. The summed E-state index contributed by atoms with van der Waals surface area (Å²) >= 11 is 0. The monoisotopic (exact) mass is 268 g/mol. The summed E-state index contributed by atoms with van der Waals surface area (Å²) in [6.07, 6.45) is 2.72. The van der Waals surface area contributed by atoms with Gasteiger partial charge in [0.15, 0.2) is 0 Å². The van der Waals surface area contributed by atoms with E-state index in [9.17, 15) is 4.79 Å². The Morgan fingerprint density at radius 3 is 2.40 bits per heavy atom. The standard InChI is InChI=1S/C17H20N2O/c1-4-17(2,3)14-10-8-13(9-11-14)16(20)19-15-7-5-6-12-18-15/h5-12H,4H2,1-3H3,(H,18,19,20). The molecule has 0 saturated heterocycles. The van der Waals surface area contributed by atoms with Gasteiger partial charge in [0.05, 0.1) is 0 Å². The third-order valence-corrected chi connectivity index (χ3v) is 3.72. The molecule has 0 unspecified atom stereocenters. The summed E-state index contributed by atoms with van der Waals surface area (Å²) < 4.78 is 0. The van der Waals surface area contributed by atoms with Crippen LogP contribution in [0.1, 0.15) is 43.1 Å². The van der Waals surface area contributed by atoms with E-state index in [1.165, 1.54) is 5.56 Å². The van der Waals surface area contributed by atoms with Crippen molar-refractivity contribution in [3.05, 3.63) is 59.8 Å². The molecule has 1 amide bonds. The average molecular weight is 268 g/mol. The molecule has 1 aromatic carbocycles. The van der Waals surface area contributed by atoms with Crippen molar-refractivity contribution in [3.8, 4) is 0 Å². The number of amides is 1. The topological polar surface area (TPSA) is 42.0 Å². The lowest BCUT2D eigenvalue weighted by atomic mass is 9.82. The number of carbonyl (C=O) groups excluding carboxylic acids is 1. The summed E-state index contributed by atoms with van der Waals surface area (Å²) in [7, 11) is 0. The van der Waals surface area contributed by atoms with Gasteiger partial charge in [0.2, 0.25) is 0 Å². The average Bonchev–Trinajstić information content (AvgIpc) is 2.48. The lowest BCUT2D eigenvalue weighted by Gasteiger charge is -2.23. The van der Waals surface area contributed by atoms with E-state index in [0.717, 1.165) is 6.42 Å². The zero-order valence-corrected chi connectivity index (χ0v) is 12.2. The molecule has 1 heterocycles. The van der Waals surface area contributed by atoms with Gasteiger partial charge in [-0.1, -0.05) is 39.0 Å². The molecule has 3 heteroatoms. The number of hydrogen-bond donors (Lipinski definition) is 1. The molecule has 1 aromatic heterocycles. The molecule has 0 radical (unpaired) electrons. The molecule has 1 N–H and O–H groups in total. The van der Waals surface area contributed by atoms with Gasteiger partial charge in [0.25, 0.3) is 5.91 Å². The number of pyridine rings is 1. The van der Waals surface area contributed by atoms with Crippen LogP contribution in [-0.2, 0) is 5.41 Å². The van der Waals surface area contributed by atoms with Crippen molar-refractivity contribution in [3.63, 3.8) is 0 Å². The Morgan fingerprint density at radius 2 is 1.85 bits per heavy atom. The summed E-state index contributed by atoms with van der Waals surface area (Å²) in [5, 5.41) is 2.78. The minimum absolute atomic E-state index is 0.135. The predicted octanol–water partition coefficient (Wildman–Crippen LogP) is 4.02. The maximum Gasteiger partial charge on any atom is 0.256 e. The van der Waals surface area contributed by atoms with Gasteiger partial charge >= 0.3 is 0 Å². The summed E-state index contributed by atoms with van der Waals surface area (Å²) in [5.74, 6) is 0.431. The number of anilines is 1. The zero-order chi connectivity index (χ0) is 14.6. The second-order valence-electron chi connectivity index (χ2n) is 5.48. The smallest absolute Gasteiger partial charge is 0.256 e. The van der Waals surface area contributed by atoms with Crippen LogP contribution >= 0.6 is 0 Å². The quantitative estimate of drug-likeness (QED) is 0.910. The lowest BCUT2D eigenvalue weighted by molar-refractivity contribution is 0.102. The van der Waals surface area contributed by atoms with Gasteiger partial charge < -0.3 is 5.32 Å². The molecule has 2 rings (SSSR count). The predicted molar refractivity (Wildman–Crippen MR) is 81.9 cm³/mol. The molecule has 3 nitrogen and oxygen atoms in total. The van der Waals surface area contributed by atoms with Crippen molar-refractivity contribution in [1.29, 1.82) is 0 Å². The van der Waals surface area contributed by atoms with Crippen LogP contribution in [0.2, 0.25) is 0 Å². The van der Waals surface area contributed by atoms with Gasteiger partial charge in [0.1, 0.15) is 5.82 Å². The Labute approximate surface area is 120 Å². The van der Waals surface area contributed by atoms with Crippen LogP contribution in [0.25, 0.3) is 0 Å². The molecule has 0 aliphatic rings. The van der Waals surface area contributed by atoms with Gasteiger partial charge in [0, 0.05) is 11.8 Å². The van der Waals surface area contributed by atoms with E-state index in [2.05, 4.69) is 31.1 Å². The molecule has 0 spiro atoms. The van der Waals surface area contributed by atoms with Crippen LogP contribution in [0.5, 0.6) is 0 Å². The summed E-state index contributed by atoms with van der Waals surface area (Å²) in [5.41, 5.74) is 2.02. The first kappa shape index (κ1) is 14.3. The van der Waals surface area contributed by atoms with Crippen LogP contribution < -0.4 is 5.32 Å². The van der Waals surface area contributed by atoms with Gasteiger partial charge in [-0.05, 0) is 41.7 Å². The van der Waals surface area contributed by atoms with Crippen LogP contribution in [0.3, 0.4) is 0 Å². The number of nitrogens with one attached hydrogen (secondary N) is 1. The minimum Gasteiger partial charge on any atom is -0.307 e. The molecule has 0 fully saturated rings. The van der Waals surface area contributed by atoms with Crippen molar-refractivity contribution >= 4 is 11.7 Å². The van der Waals surface area contributed by atoms with E-state index in [1.54, 1.807) is 12.3 Å². The summed E-state index contributed by atoms with van der Waals surface area (Å²) in [6, 6.07) is 13.2. The fourth-order valence-electron chi connectivity index (χ4n) is 1.90.